The predicted molar refractivity (Wildman–Crippen MR) is 137 cm³/mol. The van der Waals surface area contributed by atoms with Gasteiger partial charge in [0.1, 0.15) is 22.8 Å². The van der Waals surface area contributed by atoms with Crippen molar-refractivity contribution >= 4 is 23.5 Å². The van der Waals surface area contributed by atoms with Gasteiger partial charge in [0.25, 0.3) is 0 Å². The number of nitrogens with zero attached hydrogens (tertiary/aromatic N) is 1. The van der Waals surface area contributed by atoms with Gasteiger partial charge in [-0.2, -0.15) is 0 Å². The maximum absolute atomic E-state index is 14.0. The van der Waals surface area contributed by atoms with Gasteiger partial charge in [-0.25, -0.2) is 4.90 Å². The van der Waals surface area contributed by atoms with E-state index in [2.05, 4.69) is 5.32 Å². The monoisotopic (exact) mass is 510 g/mol. The molecule has 2 aliphatic rings. The summed E-state index contributed by atoms with van der Waals surface area (Å²) in [5.41, 5.74) is -0.268. The van der Waals surface area contributed by atoms with Gasteiger partial charge in [0.2, 0.25) is 11.8 Å². The van der Waals surface area contributed by atoms with Crippen molar-refractivity contribution in [1.82, 2.24) is 5.32 Å². The number of anilines is 1. The molecule has 9 nitrogen and oxygen atoms in total. The van der Waals surface area contributed by atoms with Crippen LogP contribution in [0.2, 0.25) is 0 Å². The van der Waals surface area contributed by atoms with E-state index in [0.717, 1.165) is 0 Å². The zero-order valence-corrected chi connectivity index (χ0v) is 21.9. The van der Waals surface area contributed by atoms with E-state index in [1.54, 1.807) is 56.5 Å². The molecule has 0 aliphatic carbocycles. The van der Waals surface area contributed by atoms with Gasteiger partial charge in [-0.15, -0.1) is 0 Å². The Labute approximate surface area is 217 Å². The Bertz CT molecular complexity index is 1170. The first-order valence-electron chi connectivity index (χ1n) is 12.6. The van der Waals surface area contributed by atoms with Crippen LogP contribution in [0.15, 0.2) is 42.5 Å². The molecule has 0 saturated carbocycles. The van der Waals surface area contributed by atoms with E-state index in [-0.39, 0.29) is 12.5 Å². The number of hydrogen-bond acceptors (Lipinski definition) is 8. The lowest BCUT2D eigenvalue weighted by Gasteiger charge is -2.32. The number of rotatable bonds is 10. The number of methoxy groups -OCH3 is 2. The molecule has 2 fully saturated rings. The van der Waals surface area contributed by atoms with Gasteiger partial charge in [0.15, 0.2) is 0 Å². The molecule has 37 heavy (non-hydrogen) atoms. The molecule has 2 aliphatic heterocycles. The number of fused-ring (bicyclic) bond motifs is 1. The second kappa shape index (κ2) is 10.8. The standard InChI is InChI=1S/C28H34N2O7/c1-6-15-28(27(33)37-8-3)23-22(24(29-28)20-14-13-19(34-4)16-21(20)35-5)25(31)30(26(23)32)17-9-11-18(12-10-17)36-7-2/h9-14,16,22-24,29H,6-8,15H2,1-5H3/t22-,23+,24-,28+/m1/s1. The lowest BCUT2D eigenvalue weighted by molar-refractivity contribution is -0.155. The second-order valence-corrected chi connectivity index (χ2v) is 9.11. The first-order valence-corrected chi connectivity index (χ1v) is 12.6. The van der Waals surface area contributed by atoms with E-state index >= 15 is 0 Å². The fraction of sp³-hybridized carbons (Fsp3) is 0.464. The summed E-state index contributed by atoms with van der Waals surface area (Å²) in [6.45, 7) is 6.20. The van der Waals surface area contributed by atoms with Crippen LogP contribution in [0, 0.1) is 11.8 Å². The lowest BCUT2D eigenvalue weighted by atomic mass is 9.77. The van der Waals surface area contributed by atoms with E-state index in [0.29, 0.717) is 47.9 Å². The summed E-state index contributed by atoms with van der Waals surface area (Å²) in [5.74, 6) is -1.40. The van der Waals surface area contributed by atoms with Crippen LogP contribution in [0.5, 0.6) is 17.2 Å². The van der Waals surface area contributed by atoms with Crippen molar-refractivity contribution in [2.75, 3.05) is 32.3 Å². The third-order valence-electron chi connectivity index (χ3n) is 7.12. The normalized spacial score (nSPS) is 24.7. The van der Waals surface area contributed by atoms with Gasteiger partial charge in [0.05, 0.1) is 45.0 Å². The van der Waals surface area contributed by atoms with Crippen molar-refractivity contribution in [3.63, 3.8) is 0 Å². The SMILES string of the molecule is CCC[C@]1(C(=O)OCC)N[C@H](c2ccc(OC)cc2OC)[C@@H]2C(=O)N(c3ccc(OCC)cc3)C(=O)[C@H]21. The van der Waals surface area contributed by atoms with Crippen LogP contribution in [0.3, 0.4) is 0 Å². The fourth-order valence-electron chi connectivity index (χ4n) is 5.63. The van der Waals surface area contributed by atoms with Gasteiger partial charge in [-0.05, 0) is 50.6 Å². The van der Waals surface area contributed by atoms with E-state index < -0.39 is 35.3 Å². The Hall–Kier alpha value is -3.59. The van der Waals surface area contributed by atoms with Gasteiger partial charge in [0, 0.05) is 17.7 Å². The van der Waals surface area contributed by atoms with Crippen LogP contribution in [0.1, 0.15) is 45.2 Å². The maximum atomic E-state index is 14.0. The summed E-state index contributed by atoms with van der Waals surface area (Å²) in [6, 6.07) is 11.4. The number of carbonyl (C=O) groups is 3. The summed E-state index contributed by atoms with van der Waals surface area (Å²) in [6.07, 6.45) is 0.935. The number of ether oxygens (including phenoxy) is 4. The smallest absolute Gasteiger partial charge is 0.327 e. The minimum atomic E-state index is -1.36. The molecule has 2 amide bonds. The summed E-state index contributed by atoms with van der Waals surface area (Å²) in [5, 5.41) is 3.40. The van der Waals surface area contributed by atoms with Gasteiger partial charge in [-0.1, -0.05) is 19.4 Å². The molecule has 0 bridgehead atoms. The molecule has 2 aromatic rings. The molecule has 2 heterocycles. The average molecular weight is 511 g/mol. The molecule has 2 saturated heterocycles. The Morgan fingerprint density at radius 1 is 0.946 bits per heavy atom. The van der Waals surface area contributed by atoms with Crippen molar-refractivity contribution in [2.24, 2.45) is 11.8 Å². The lowest BCUT2D eigenvalue weighted by Crippen LogP contribution is -2.56. The Morgan fingerprint density at radius 3 is 2.24 bits per heavy atom. The van der Waals surface area contributed by atoms with E-state index in [1.165, 1.54) is 12.0 Å². The molecule has 1 N–H and O–H groups in total. The van der Waals surface area contributed by atoms with Crippen LogP contribution < -0.4 is 24.4 Å². The molecule has 0 spiro atoms. The van der Waals surface area contributed by atoms with E-state index in [9.17, 15) is 14.4 Å². The molecular formula is C28H34N2O7. The highest BCUT2D eigenvalue weighted by Crippen LogP contribution is 2.53. The highest BCUT2D eigenvalue weighted by Gasteiger charge is 2.68. The Kier molecular flexibility index (Phi) is 7.73. The first-order chi connectivity index (χ1) is 17.9. The molecule has 4 rings (SSSR count). The minimum absolute atomic E-state index is 0.157. The fourth-order valence-corrected chi connectivity index (χ4v) is 5.63. The average Bonchev–Trinajstić information content (AvgIpc) is 3.38. The predicted octanol–water partition coefficient (Wildman–Crippen LogP) is 3.65. The second-order valence-electron chi connectivity index (χ2n) is 9.11. The molecule has 198 valence electrons. The molecule has 9 heteroatoms. The van der Waals surface area contributed by atoms with Crippen molar-refractivity contribution in [1.29, 1.82) is 0 Å². The third kappa shape index (κ3) is 4.41. The number of imide groups is 1. The zero-order chi connectivity index (χ0) is 26.7. The molecule has 0 aromatic heterocycles. The third-order valence-corrected chi connectivity index (χ3v) is 7.12. The van der Waals surface area contributed by atoms with Crippen molar-refractivity contribution < 1.29 is 33.3 Å². The highest BCUT2D eigenvalue weighted by atomic mass is 16.5. The number of hydrogen-bond donors (Lipinski definition) is 1. The molecule has 2 aromatic carbocycles. The summed E-state index contributed by atoms with van der Waals surface area (Å²) in [7, 11) is 3.09. The van der Waals surface area contributed by atoms with Crippen LogP contribution in [-0.2, 0) is 19.1 Å². The van der Waals surface area contributed by atoms with E-state index in [1.807, 2.05) is 13.8 Å². The van der Waals surface area contributed by atoms with Crippen molar-refractivity contribution in [3.05, 3.63) is 48.0 Å². The topological polar surface area (TPSA) is 103 Å². The first kappa shape index (κ1) is 26.5. The van der Waals surface area contributed by atoms with Crippen LogP contribution in [-0.4, -0.2) is 50.8 Å². The quantitative estimate of drug-likeness (QED) is 0.382. The van der Waals surface area contributed by atoms with Gasteiger partial charge >= 0.3 is 5.97 Å². The largest absolute Gasteiger partial charge is 0.497 e. The maximum Gasteiger partial charge on any atom is 0.327 e. The van der Waals surface area contributed by atoms with Crippen LogP contribution in [0.4, 0.5) is 5.69 Å². The summed E-state index contributed by atoms with van der Waals surface area (Å²) in [4.78, 5) is 42.7. The minimum Gasteiger partial charge on any atom is -0.497 e. The van der Waals surface area contributed by atoms with Gasteiger partial charge < -0.3 is 18.9 Å². The van der Waals surface area contributed by atoms with Crippen LogP contribution >= 0.6 is 0 Å². The van der Waals surface area contributed by atoms with Crippen molar-refractivity contribution in [3.8, 4) is 17.2 Å². The summed E-state index contributed by atoms with van der Waals surface area (Å²) < 4.78 is 22.0. The van der Waals surface area contributed by atoms with Crippen LogP contribution in [0.25, 0.3) is 0 Å². The Morgan fingerprint density at radius 2 is 1.65 bits per heavy atom. The number of benzene rings is 2. The molecule has 4 atom stereocenters. The molecule has 0 radical (unpaired) electrons. The zero-order valence-electron chi connectivity index (χ0n) is 21.9. The number of nitrogens with one attached hydrogen (secondary N) is 1. The Balaban J connectivity index is 1.85. The number of esters is 1. The van der Waals surface area contributed by atoms with Crippen molar-refractivity contribution in [2.45, 2.75) is 45.2 Å². The summed E-state index contributed by atoms with van der Waals surface area (Å²) >= 11 is 0. The number of carbonyl (C=O) groups excluding carboxylic acids is 3. The molecule has 0 unspecified atom stereocenters. The van der Waals surface area contributed by atoms with E-state index in [4.69, 9.17) is 18.9 Å². The number of amides is 2. The highest BCUT2D eigenvalue weighted by molar-refractivity contribution is 6.24. The molecular weight excluding hydrogens is 476 g/mol. The van der Waals surface area contributed by atoms with Gasteiger partial charge in [-0.3, -0.25) is 19.7 Å².